The number of hydrogen-bond acceptors (Lipinski definition) is 4. The van der Waals surface area contributed by atoms with Crippen LogP contribution in [-0.4, -0.2) is 29.8 Å². The molecule has 1 heterocycles. The fourth-order valence-electron chi connectivity index (χ4n) is 1.85. The average Bonchev–Trinajstić information content (AvgIpc) is 2.88. The summed E-state index contributed by atoms with van der Waals surface area (Å²) < 4.78 is 0. The van der Waals surface area contributed by atoms with E-state index in [0.29, 0.717) is 12.2 Å². The second kappa shape index (κ2) is 5.71. The number of nitrogens with one attached hydrogen (secondary N) is 1. The van der Waals surface area contributed by atoms with Crippen LogP contribution in [0.5, 0.6) is 0 Å². The highest BCUT2D eigenvalue weighted by Crippen LogP contribution is 2.32. The van der Waals surface area contributed by atoms with E-state index in [0.717, 1.165) is 16.4 Å². The van der Waals surface area contributed by atoms with Gasteiger partial charge in [0.15, 0.2) is 5.13 Å². The lowest BCUT2D eigenvalue weighted by Gasteiger charge is -2.19. The Bertz CT molecular complexity index is 583. The Hall–Kier alpha value is -2.08. The van der Waals surface area contributed by atoms with Crippen LogP contribution in [0, 0.1) is 0 Å². The number of aromatic nitrogens is 1. The van der Waals surface area contributed by atoms with E-state index in [1.54, 1.807) is 6.07 Å². The minimum atomic E-state index is -0.959. The molecule has 0 saturated heterocycles. The van der Waals surface area contributed by atoms with Crippen molar-refractivity contribution in [2.75, 3.05) is 23.8 Å². The summed E-state index contributed by atoms with van der Waals surface area (Å²) in [6, 6.07) is 7.39. The molecule has 2 N–H and O–H groups in total. The largest absolute Gasteiger partial charge is 0.465 e. The maximum atomic E-state index is 11.3. The lowest BCUT2D eigenvalue weighted by molar-refractivity contribution is 0.202. The molecular weight excluding hydrogens is 262 g/mol. The van der Waals surface area contributed by atoms with Crippen molar-refractivity contribution in [3.63, 3.8) is 0 Å². The minimum Gasteiger partial charge on any atom is -0.465 e. The van der Waals surface area contributed by atoms with Gasteiger partial charge in [-0.1, -0.05) is 18.2 Å². The normalized spacial score (nSPS) is 10.2. The molecular formula is C13H15N3O2S. The van der Waals surface area contributed by atoms with Crippen molar-refractivity contribution in [2.45, 2.75) is 6.92 Å². The lowest BCUT2D eigenvalue weighted by Crippen LogP contribution is -2.29. The standard InChI is InChI=1S/C13H15N3O2S/c1-3-16(13(17)18)11-7-5-4-6-9(11)10-8-19-12(14-2)15-10/h4-8H,3H2,1-2H3,(H,14,15)(H,17,18). The van der Waals surface area contributed by atoms with Gasteiger partial charge in [0.2, 0.25) is 0 Å². The highest BCUT2D eigenvalue weighted by molar-refractivity contribution is 7.14. The van der Waals surface area contributed by atoms with Gasteiger partial charge in [-0.05, 0) is 13.0 Å². The quantitative estimate of drug-likeness (QED) is 0.899. The van der Waals surface area contributed by atoms with Crippen molar-refractivity contribution in [1.29, 1.82) is 0 Å². The monoisotopic (exact) mass is 277 g/mol. The van der Waals surface area contributed by atoms with Gasteiger partial charge in [-0.3, -0.25) is 4.90 Å². The summed E-state index contributed by atoms with van der Waals surface area (Å²) in [5.41, 5.74) is 2.26. The predicted octanol–water partition coefficient (Wildman–Crippen LogP) is 3.36. The van der Waals surface area contributed by atoms with Crippen LogP contribution in [0.15, 0.2) is 29.6 Å². The number of carboxylic acid groups (broad SMARTS) is 1. The van der Waals surface area contributed by atoms with Gasteiger partial charge in [0, 0.05) is 24.5 Å². The van der Waals surface area contributed by atoms with Crippen LogP contribution in [0.25, 0.3) is 11.3 Å². The van der Waals surface area contributed by atoms with Crippen molar-refractivity contribution in [3.05, 3.63) is 29.6 Å². The van der Waals surface area contributed by atoms with Crippen molar-refractivity contribution in [1.82, 2.24) is 4.98 Å². The molecule has 0 atom stereocenters. The topological polar surface area (TPSA) is 65.5 Å². The Morgan fingerprint density at radius 3 is 2.79 bits per heavy atom. The van der Waals surface area contributed by atoms with E-state index in [4.69, 9.17) is 0 Å². The smallest absolute Gasteiger partial charge is 0.411 e. The van der Waals surface area contributed by atoms with Crippen LogP contribution in [-0.2, 0) is 0 Å². The van der Waals surface area contributed by atoms with E-state index < -0.39 is 6.09 Å². The van der Waals surface area contributed by atoms with Crippen LogP contribution in [0.1, 0.15) is 6.92 Å². The van der Waals surface area contributed by atoms with Crippen LogP contribution in [0.3, 0.4) is 0 Å². The molecule has 0 unspecified atom stereocenters. The number of para-hydroxylation sites is 1. The summed E-state index contributed by atoms with van der Waals surface area (Å²) in [5.74, 6) is 0. The minimum absolute atomic E-state index is 0.398. The van der Waals surface area contributed by atoms with Gasteiger partial charge in [0.05, 0.1) is 11.4 Å². The van der Waals surface area contributed by atoms with Gasteiger partial charge in [-0.25, -0.2) is 9.78 Å². The van der Waals surface area contributed by atoms with Gasteiger partial charge in [0.1, 0.15) is 0 Å². The van der Waals surface area contributed by atoms with Crippen molar-refractivity contribution >= 4 is 28.2 Å². The first kappa shape index (κ1) is 13.4. The van der Waals surface area contributed by atoms with Gasteiger partial charge in [-0.2, -0.15) is 0 Å². The molecule has 0 aliphatic rings. The Morgan fingerprint density at radius 1 is 1.47 bits per heavy atom. The second-order valence-corrected chi connectivity index (χ2v) is 4.69. The second-order valence-electron chi connectivity index (χ2n) is 3.83. The van der Waals surface area contributed by atoms with Gasteiger partial charge >= 0.3 is 6.09 Å². The van der Waals surface area contributed by atoms with Crippen LogP contribution in [0.2, 0.25) is 0 Å². The number of hydrogen-bond donors (Lipinski definition) is 2. The first-order valence-corrected chi connectivity index (χ1v) is 6.78. The van der Waals surface area contributed by atoms with E-state index in [2.05, 4.69) is 10.3 Å². The Kier molecular flexibility index (Phi) is 4.01. The number of anilines is 2. The first-order valence-electron chi connectivity index (χ1n) is 5.90. The number of thiazole rings is 1. The molecule has 19 heavy (non-hydrogen) atoms. The van der Waals surface area contributed by atoms with Crippen LogP contribution in [0.4, 0.5) is 15.6 Å². The molecule has 0 aliphatic carbocycles. The number of carbonyl (C=O) groups is 1. The summed E-state index contributed by atoms with van der Waals surface area (Å²) in [6.45, 7) is 2.21. The zero-order valence-electron chi connectivity index (χ0n) is 10.8. The summed E-state index contributed by atoms with van der Waals surface area (Å²) in [5, 5.41) is 15.0. The molecule has 0 aliphatic heterocycles. The van der Waals surface area contributed by atoms with Crippen molar-refractivity contribution < 1.29 is 9.90 Å². The third-order valence-corrected chi connectivity index (χ3v) is 3.60. The summed E-state index contributed by atoms with van der Waals surface area (Å²) in [6.07, 6.45) is -0.959. The number of amides is 1. The Balaban J connectivity index is 2.48. The van der Waals surface area contributed by atoms with E-state index >= 15 is 0 Å². The molecule has 0 radical (unpaired) electrons. The zero-order valence-corrected chi connectivity index (χ0v) is 11.6. The highest BCUT2D eigenvalue weighted by atomic mass is 32.1. The fraction of sp³-hybridized carbons (Fsp3) is 0.231. The van der Waals surface area contributed by atoms with Crippen molar-refractivity contribution in [2.24, 2.45) is 0 Å². The number of benzene rings is 1. The molecule has 0 fully saturated rings. The number of nitrogens with zero attached hydrogens (tertiary/aromatic N) is 2. The molecule has 0 bridgehead atoms. The molecule has 100 valence electrons. The van der Waals surface area contributed by atoms with Gasteiger partial charge < -0.3 is 10.4 Å². The molecule has 5 nitrogen and oxygen atoms in total. The Morgan fingerprint density at radius 2 is 2.21 bits per heavy atom. The molecule has 0 spiro atoms. The maximum absolute atomic E-state index is 11.3. The molecule has 0 saturated carbocycles. The first-order chi connectivity index (χ1) is 9.17. The molecule has 1 aromatic heterocycles. The fourth-order valence-corrected chi connectivity index (χ4v) is 2.52. The Labute approximate surface area is 115 Å². The SMILES string of the molecule is CCN(C(=O)O)c1ccccc1-c1csc(NC)n1. The van der Waals surface area contributed by atoms with Gasteiger partial charge in [-0.15, -0.1) is 11.3 Å². The third-order valence-electron chi connectivity index (χ3n) is 2.74. The summed E-state index contributed by atoms with van der Waals surface area (Å²) in [4.78, 5) is 17.0. The highest BCUT2D eigenvalue weighted by Gasteiger charge is 2.17. The van der Waals surface area contributed by atoms with E-state index in [1.165, 1.54) is 16.2 Å². The molecule has 1 aromatic carbocycles. The number of rotatable bonds is 4. The zero-order chi connectivity index (χ0) is 13.8. The summed E-state index contributed by atoms with van der Waals surface area (Å²) >= 11 is 1.49. The molecule has 1 amide bonds. The third kappa shape index (κ3) is 2.68. The van der Waals surface area contributed by atoms with E-state index in [-0.39, 0.29) is 0 Å². The lowest BCUT2D eigenvalue weighted by atomic mass is 10.1. The van der Waals surface area contributed by atoms with Crippen LogP contribution >= 0.6 is 11.3 Å². The molecule has 2 aromatic rings. The van der Waals surface area contributed by atoms with Gasteiger partial charge in [0.25, 0.3) is 0 Å². The van der Waals surface area contributed by atoms with E-state index in [1.807, 2.05) is 37.6 Å². The maximum Gasteiger partial charge on any atom is 0.411 e. The molecule has 6 heteroatoms. The van der Waals surface area contributed by atoms with Crippen molar-refractivity contribution in [3.8, 4) is 11.3 Å². The summed E-state index contributed by atoms with van der Waals surface area (Å²) in [7, 11) is 1.81. The predicted molar refractivity (Wildman–Crippen MR) is 78.1 cm³/mol. The van der Waals surface area contributed by atoms with E-state index in [9.17, 15) is 9.90 Å². The average molecular weight is 277 g/mol. The van der Waals surface area contributed by atoms with Crippen LogP contribution < -0.4 is 10.2 Å². The molecule has 2 rings (SSSR count).